The van der Waals surface area contributed by atoms with Crippen LogP contribution in [0, 0.1) is 18.7 Å². The molecule has 4 nitrogen and oxygen atoms in total. The first kappa shape index (κ1) is 11.8. The average molecular weight is 238 g/mol. The molecule has 2 heterocycles. The van der Waals surface area contributed by atoms with Crippen molar-refractivity contribution in [3.05, 3.63) is 23.6 Å². The Labute approximate surface area is 99.1 Å². The summed E-state index contributed by atoms with van der Waals surface area (Å²) in [6.07, 6.45) is 2.44. The van der Waals surface area contributed by atoms with Gasteiger partial charge in [-0.15, -0.1) is 0 Å². The third kappa shape index (κ3) is 2.54. The highest BCUT2D eigenvalue weighted by Crippen LogP contribution is 2.24. The second-order valence-electron chi connectivity index (χ2n) is 4.39. The molecule has 1 saturated heterocycles. The molecule has 1 N–H and O–H groups in total. The molecular weight excluding hydrogens is 223 g/mol. The van der Waals surface area contributed by atoms with Crippen LogP contribution in [-0.4, -0.2) is 29.1 Å². The average Bonchev–Trinajstić information content (AvgIpc) is 2.29. The number of aromatic nitrogens is 1. The molecule has 0 unspecified atom stereocenters. The summed E-state index contributed by atoms with van der Waals surface area (Å²) in [5, 5.41) is 8.90. The number of nitrogens with zero attached hydrogens (tertiary/aromatic N) is 2. The minimum absolute atomic E-state index is 0.257. The van der Waals surface area contributed by atoms with E-state index in [9.17, 15) is 9.18 Å². The summed E-state index contributed by atoms with van der Waals surface area (Å²) < 4.78 is 12.9. The van der Waals surface area contributed by atoms with Crippen molar-refractivity contribution in [1.29, 1.82) is 0 Å². The predicted octanol–water partition coefficient (Wildman–Crippen LogP) is 1.83. The molecule has 5 heteroatoms. The van der Waals surface area contributed by atoms with Gasteiger partial charge in [0.1, 0.15) is 11.6 Å². The minimum atomic E-state index is -0.728. The number of hydrogen-bond donors (Lipinski definition) is 1. The Hall–Kier alpha value is -1.65. The van der Waals surface area contributed by atoms with Crippen molar-refractivity contribution < 1.29 is 14.3 Å². The molecule has 0 spiro atoms. The van der Waals surface area contributed by atoms with Gasteiger partial charge in [-0.25, -0.2) is 9.37 Å². The Morgan fingerprint density at radius 1 is 1.53 bits per heavy atom. The van der Waals surface area contributed by atoms with E-state index in [0.29, 0.717) is 25.9 Å². The maximum atomic E-state index is 12.9. The summed E-state index contributed by atoms with van der Waals surface area (Å²) in [6.45, 7) is 3.14. The third-order valence-electron chi connectivity index (χ3n) is 3.16. The van der Waals surface area contributed by atoms with Gasteiger partial charge < -0.3 is 10.0 Å². The van der Waals surface area contributed by atoms with Gasteiger partial charge in [-0.3, -0.25) is 4.79 Å². The largest absolute Gasteiger partial charge is 0.481 e. The van der Waals surface area contributed by atoms with Crippen molar-refractivity contribution in [2.45, 2.75) is 19.8 Å². The van der Waals surface area contributed by atoms with Crippen LogP contribution in [0.15, 0.2) is 12.3 Å². The number of carbonyl (C=O) groups is 1. The fraction of sp³-hybridized carbons (Fsp3) is 0.500. The lowest BCUT2D eigenvalue weighted by Crippen LogP contribution is -2.37. The van der Waals surface area contributed by atoms with Crippen LogP contribution in [0.3, 0.4) is 0 Å². The van der Waals surface area contributed by atoms with Crippen LogP contribution in [0.5, 0.6) is 0 Å². The number of aryl methyl sites for hydroxylation is 1. The van der Waals surface area contributed by atoms with Crippen LogP contribution in [0.1, 0.15) is 18.4 Å². The molecule has 1 aliphatic rings. The van der Waals surface area contributed by atoms with Gasteiger partial charge in [0.2, 0.25) is 0 Å². The molecule has 0 bridgehead atoms. The van der Waals surface area contributed by atoms with E-state index in [4.69, 9.17) is 5.11 Å². The van der Waals surface area contributed by atoms with Crippen LogP contribution in [0.2, 0.25) is 0 Å². The fourth-order valence-corrected chi connectivity index (χ4v) is 2.20. The molecular formula is C12H15FN2O2. The lowest BCUT2D eigenvalue weighted by atomic mass is 9.97. The monoisotopic (exact) mass is 238 g/mol. The number of halogens is 1. The van der Waals surface area contributed by atoms with Gasteiger partial charge in [0, 0.05) is 13.1 Å². The van der Waals surface area contributed by atoms with Crippen LogP contribution >= 0.6 is 0 Å². The van der Waals surface area contributed by atoms with Gasteiger partial charge in [0.25, 0.3) is 0 Å². The first-order chi connectivity index (χ1) is 8.08. The van der Waals surface area contributed by atoms with Gasteiger partial charge >= 0.3 is 5.97 Å². The maximum Gasteiger partial charge on any atom is 0.306 e. The first-order valence-corrected chi connectivity index (χ1v) is 5.68. The van der Waals surface area contributed by atoms with E-state index in [2.05, 4.69) is 4.98 Å². The Kier molecular flexibility index (Phi) is 3.26. The van der Waals surface area contributed by atoms with E-state index in [0.717, 1.165) is 11.4 Å². The highest BCUT2D eigenvalue weighted by Gasteiger charge is 2.25. The zero-order valence-corrected chi connectivity index (χ0v) is 9.69. The lowest BCUT2D eigenvalue weighted by molar-refractivity contribution is -0.142. The smallest absolute Gasteiger partial charge is 0.306 e. The Balaban J connectivity index is 2.08. The second kappa shape index (κ2) is 4.69. The SMILES string of the molecule is Cc1cc(F)cnc1N1CCC(C(=O)O)CC1. The normalized spacial score (nSPS) is 17.2. The van der Waals surface area contributed by atoms with Gasteiger partial charge in [-0.1, -0.05) is 0 Å². The highest BCUT2D eigenvalue weighted by atomic mass is 19.1. The summed E-state index contributed by atoms with van der Waals surface area (Å²) in [5.41, 5.74) is 0.791. The second-order valence-corrected chi connectivity index (χ2v) is 4.39. The van der Waals surface area contributed by atoms with Gasteiger partial charge in [-0.05, 0) is 31.4 Å². The molecule has 0 amide bonds. The fourth-order valence-electron chi connectivity index (χ4n) is 2.20. The van der Waals surface area contributed by atoms with Crippen LogP contribution in [0.25, 0.3) is 0 Å². The van der Waals surface area contributed by atoms with Gasteiger partial charge in [-0.2, -0.15) is 0 Å². The Morgan fingerprint density at radius 2 is 2.18 bits per heavy atom. The van der Waals surface area contributed by atoms with Crippen molar-refractivity contribution in [3.8, 4) is 0 Å². The number of carboxylic acids is 1. The molecule has 1 aromatic heterocycles. The Morgan fingerprint density at radius 3 is 2.71 bits per heavy atom. The molecule has 1 aromatic rings. The molecule has 1 fully saturated rings. The number of hydrogen-bond acceptors (Lipinski definition) is 3. The molecule has 0 atom stereocenters. The summed E-state index contributed by atoms with van der Waals surface area (Å²) in [6, 6.07) is 1.45. The zero-order valence-electron chi connectivity index (χ0n) is 9.69. The number of carboxylic acid groups (broad SMARTS) is 1. The van der Waals surface area contributed by atoms with E-state index in [1.54, 1.807) is 0 Å². The molecule has 0 aromatic carbocycles. The first-order valence-electron chi connectivity index (χ1n) is 5.68. The third-order valence-corrected chi connectivity index (χ3v) is 3.16. The predicted molar refractivity (Wildman–Crippen MR) is 61.5 cm³/mol. The van der Waals surface area contributed by atoms with E-state index < -0.39 is 5.97 Å². The quantitative estimate of drug-likeness (QED) is 0.854. The van der Waals surface area contributed by atoms with E-state index in [1.165, 1.54) is 12.3 Å². The molecule has 2 rings (SSSR count). The molecule has 0 radical (unpaired) electrons. The number of pyridine rings is 1. The van der Waals surface area contributed by atoms with Gasteiger partial charge in [0.15, 0.2) is 0 Å². The summed E-state index contributed by atoms with van der Waals surface area (Å²) in [7, 11) is 0. The zero-order chi connectivity index (χ0) is 12.4. The molecule has 92 valence electrons. The number of anilines is 1. The Bertz CT molecular complexity index is 429. The van der Waals surface area contributed by atoms with E-state index in [1.807, 2.05) is 11.8 Å². The van der Waals surface area contributed by atoms with Crippen LogP contribution in [0.4, 0.5) is 10.2 Å². The van der Waals surface area contributed by atoms with E-state index >= 15 is 0 Å². The van der Waals surface area contributed by atoms with Crippen LogP contribution < -0.4 is 4.90 Å². The lowest BCUT2D eigenvalue weighted by Gasteiger charge is -2.31. The summed E-state index contributed by atoms with van der Waals surface area (Å²) >= 11 is 0. The van der Waals surface area contributed by atoms with Crippen molar-refractivity contribution in [2.24, 2.45) is 5.92 Å². The minimum Gasteiger partial charge on any atom is -0.481 e. The maximum absolute atomic E-state index is 12.9. The molecule has 0 saturated carbocycles. The summed E-state index contributed by atoms with van der Waals surface area (Å²) in [4.78, 5) is 16.9. The van der Waals surface area contributed by atoms with Gasteiger partial charge in [0.05, 0.1) is 12.1 Å². The van der Waals surface area contributed by atoms with Crippen molar-refractivity contribution in [1.82, 2.24) is 4.98 Å². The number of piperidine rings is 1. The standard InChI is InChI=1S/C12H15FN2O2/c1-8-6-10(13)7-14-11(8)15-4-2-9(3-5-15)12(16)17/h6-7,9H,2-5H2,1H3,(H,16,17). The highest BCUT2D eigenvalue weighted by molar-refractivity contribution is 5.70. The van der Waals surface area contributed by atoms with Crippen molar-refractivity contribution >= 4 is 11.8 Å². The molecule has 17 heavy (non-hydrogen) atoms. The molecule has 0 aliphatic carbocycles. The summed E-state index contributed by atoms with van der Waals surface area (Å²) in [5.74, 6) is -0.567. The van der Waals surface area contributed by atoms with Crippen LogP contribution in [-0.2, 0) is 4.79 Å². The number of rotatable bonds is 2. The van der Waals surface area contributed by atoms with Crippen molar-refractivity contribution in [3.63, 3.8) is 0 Å². The molecule has 1 aliphatic heterocycles. The number of aliphatic carboxylic acids is 1. The van der Waals surface area contributed by atoms with E-state index in [-0.39, 0.29) is 11.7 Å². The topological polar surface area (TPSA) is 53.4 Å². The van der Waals surface area contributed by atoms with Crippen molar-refractivity contribution in [2.75, 3.05) is 18.0 Å².